The van der Waals surface area contributed by atoms with Crippen molar-refractivity contribution in [2.45, 2.75) is 43.9 Å². The summed E-state index contributed by atoms with van der Waals surface area (Å²) in [6, 6.07) is 8.30. The molecule has 5 nitrogen and oxygen atoms in total. The number of carbonyl (C=O) groups excluding carboxylic acids is 1. The Labute approximate surface area is 153 Å². The molecule has 0 spiro atoms. The van der Waals surface area contributed by atoms with Gasteiger partial charge in [0.05, 0.1) is 37.7 Å². The zero-order valence-corrected chi connectivity index (χ0v) is 15.1. The van der Waals surface area contributed by atoms with Crippen LogP contribution in [0.2, 0.25) is 0 Å². The topological polar surface area (TPSA) is 48.0 Å². The minimum Gasteiger partial charge on any atom is -0.497 e. The molecule has 0 radical (unpaired) electrons. The third kappa shape index (κ3) is 2.74. The summed E-state index contributed by atoms with van der Waals surface area (Å²) >= 11 is 0. The van der Waals surface area contributed by atoms with Crippen molar-refractivity contribution in [3.8, 4) is 5.75 Å². The van der Waals surface area contributed by atoms with Crippen LogP contribution < -0.4 is 4.74 Å². The number of benzene rings is 1. The predicted molar refractivity (Wildman–Crippen MR) is 96.5 cm³/mol. The molecule has 2 aliphatic carbocycles. The molecule has 2 saturated carbocycles. The van der Waals surface area contributed by atoms with Crippen LogP contribution in [0.1, 0.15) is 31.2 Å². The highest BCUT2D eigenvalue weighted by Gasteiger charge is 2.50. The average molecular weight is 355 g/mol. The lowest BCUT2D eigenvalue weighted by atomic mass is 9.71. The minimum absolute atomic E-state index is 0.0511. The van der Waals surface area contributed by atoms with Gasteiger partial charge >= 0.3 is 0 Å². The van der Waals surface area contributed by atoms with Gasteiger partial charge in [0.2, 0.25) is 0 Å². The van der Waals surface area contributed by atoms with Crippen molar-refractivity contribution in [2.24, 2.45) is 11.8 Å². The van der Waals surface area contributed by atoms with E-state index < -0.39 is 0 Å². The summed E-state index contributed by atoms with van der Waals surface area (Å²) in [4.78, 5) is 15.6. The summed E-state index contributed by atoms with van der Waals surface area (Å²) in [7, 11) is 1.64. The zero-order valence-electron chi connectivity index (χ0n) is 15.1. The van der Waals surface area contributed by atoms with E-state index in [9.17, 15) is 4.79 Å². The first-order valence-corrected chi connectivity index (χ1v) is 9.64. The van der Waals surface area contributed by atoms with E-state index in [2.05, 4.69) is 4.90 Å². The molecule has 4 unspecified atom stereocenters. The van der Waals surface area contributed by atoms with Crippen LogP contribution in [0.15, 0.2) is 30.5 Å². The Morgan fingerprint density at radius 2 is 1.92 bits per heavy atom. The molecule has 5 rings (SSSR count). The quantitative estimate of drug-likeness (QED) is 0.834. The number of ketones is 1. The third-order valence-electron chi connectivity index (χ3n) is 6.37. The predicted octanol–water partition coefficient (Wildman–Crippen LogP) is 2.85. The molecule has 0 N–H and O–H groups in total. The van der Waals surface area contributed by atoms with Gasteiger partial charge in [-0.15, -0.1) is 0 Å². The van der Waals surface area contributed by atoms with Crippen molar-refractivity contribution in [1.29, 1.82) is 0 Å². The van der Waals surface area contributed by atoms with Crippen molar-refractivity contribution in [2.75, 3.05) is 20.4 Å². The smallest absolute Gasteiger partial charge is 0.173 e. The molecule has 0 amide bonds. The lowest BCUT2D eigenvalue weighted by Gasteiger charge is -2.48. The summed E-state index contributed by atoms with van der Waals surface area (Å²) in [5.74, 6) is 1.24. The molecule has 4 atom stereocenters. The van der Waals surface area contributed by atoms with Gasteiger partial charge in [-0.05, 0) is 43.4 Å². The molecular weight excluding hydrogens is 330 g/mol. The molecule has 3 fully saturated rings. The first-order chi connectivity index (χ1) is 12.7. The molecule has 0 aromatic heterocycles. The second-order valence-electron chi connectivity index (χ2n) is 7.91. The lowest BCUT2D eigenvalue weighted by Crippen LogP contribution is -2.56. The van der Waals surface area contributed by atoms with Gasteiger partial charge in [-0.3, -0.25) is 9.69 Å². The summed E-state index contributed by atoms with van der Waals surface area (Å²) in [6.07, 6.45) is 6.22. The molecule has 1 saturated heterocycles. The van der Waals surface area contributed by atoms with E-state index in [1.54, 1.807) is 13.4 Å². The molecule has 138 valence electrons. The molecule has 5 heteroatoms. The number of nitrogens with zero attached hydrogens (tertiary/aromatic N) is 1. The van der Waals surface area contributed by atoms with Crippen molar-refractivity contribution in [3.05, 3.63) is 36.1 Å². The Bertz CT molecular complexity index is 724. The number of methoxy groups -OCH3 is 1. The maximum Gasteiger partial charge on any atom is 0.173 e. The van der Waals surface area contributed by atoms with Gasteiger partial charge in [0, 0.05) is 18.5 Å². The zero-order chi connectivity index (χ0) is 17.7. The van der Waals surface area contributed by atoms with Crippen LogP contribution in [-0.2, 0) is 14.3 Å². The van der Waals surface area contributed by atoms with Crippen LogP contribution in [0.4, 0.5) is 0 Å². The number of ether oxygens (including phenoxy) is 3. The average Bonchev–Trinajstić information content (AvgIpc) is 3.53. The molecular formula is C21H25NO4. The second-order valence-corrected chi connectivity index (χ2v) is 7.91. The molecule has 26 heavy (non-hydrogen) atoms. The number of rotatable bonds is 3. The van der Waals surface area contributed by atoms with Crippen molar-refractivity contribution in [3.63, 3.8) is 0 Å². The Morgan fingerprint density at radius 3 is 2.65 bits per heavy atom. The van der Waals surface area contributed by atoms with Gasteiger partial charge in [-0.2, -0.15) is 0 Å². The molecule has 2 heterocycles. The van der Waals surface area contributed by atoms with Gasteiger partial charge in [0.25, 0.3) is 0 Å². The number of allylic oxidation sites excluding steroid dienone is 1. The van der Waals surface area contributed by atoms with Gasteiger partial charge < -0.3 is 14.2 Å². The number of fused-ring (bicyclic) bond motifs is 3. The number of Topliss-reactive ketones (excluding diaryl/α,β-unsaturated/α-hetero) is 1. The summed E-state index contributed by atoms with van der Waals surface area (Å²) in [6.45, 7) is 1.74. The van der Waals surface area contributed by atoms with Gasteiger partial charge in [0.15, 0.2) is 5.78 Å². The van der Waals surface area contributed by atoms with E-state index in [-0.39, 0.29) is 23.9 Å². The number of hydrogen-bond acceptors (Lipinski definition) is 5. The first-order valence-electron chi connectivity index (χ1n) is 9.64. The molecule has 4 aliphatic rings. The van der Waals surface area contributed by atoms with Crippen LogP contribution in [0, 0.1) is 11.8 Å². The van der Waals surface area contributed by atoms with Crippen molar-refractivity contribution >= 4 is 11.4 Å². The highest BCUT2D eigenvalue weighted by Crippen LogP contribution is 2.43. The van der Waals surface area contributed by atoms with E-state index in [1.807, 2.05) is 24.3 Å². The fourth-order valence-electron chi connectivity index (χ4n) is 4.73. The van der Waals surface area contributed by atoms with E-state index in [0.717, 1.165) is 37.4 Å². The van der Waals surface area contributed by atoms with Crippen LogP contribution in [0.3, 0.4) is 0 Å². The number of carbonyl (C=O) groups is 1. The standard InChI is InChI=1S/C21H25NO4/c1-24-15-6-2-13(3-7-15)18-11-25-21-16(20(18)23)8-9-19-17(21)10-22(12-26-19)14-4-5-14/h2-3,6-7,11,14,16-17,19,21H,4-5,8-10,12H2,1H3. The largest absolute Gasteiger partial charge is 0.497 e. The summed E-state index contributed by atoms with van der Waals surface area (Å²) < 4.78 is 17.5. The third-order valence-corrected chi connectivity index (χ3v) is 6.37. The summed E-state index contributed by atoms with van der Waals surface area (Å²) in [5, 5.41) is 0. The van der Waals surface area contributed by atoms with Crippen LogP contribution in [0.25, 0.3) is 5.57 Å². The molecule has 1 aromatic rings. The normalized spacial score (nSPS) is 34.3. The van der Waals surface area contributed by atoms with Crippen LogP contribution in [0.5, 0.6) is 5.75 Å². The van der Waals surface area contributed by atoms with Gasteiger partial charge in [-0.25, -0.2) is 0 Å². The van der Waals surface area contributed by atoms with Crippen molar-refractivity contribution in [1.82, 2.24) is 4.90 Å². The minimum atomic E-state index is -0.0545. The van der Waals surface area contributed by atoms with Crippen molar-refractivity contribution < 1.29 is 19.0 Å². The monoisotopic (exact) mass is 355 g/mol. The van der Waals surface area contributed by atoms with Gasteiger partial charge in [-0.1, -0.05) is 12.1 Å². The van der Waals surface area contributed by atoms with E-state index in [1.165, 1.54) is 12.8 Å². The van der Waals surface area contributed by atoms with E-state index >= 15 is 0 Å². The highest BCUT2D eigenvalue weighted by atomic mass is 16.5. The van der Waals surface area contributed by atoms with Crippen LogP contribution in [-0.4, -0.2) is 49.3 Å². The Hall–Kier alpha value is -1.85. The Morgan fingerprint density at radius 1 is 1.12 bits per heavy atom. The summed E-state index contributed by atoms with van der Waals surface area (Å²) in [5.41, 5.74) is 1.58. The van der Waals surface area contributed by atoms with E-state index in [4.69, 9.17) is 14.2 Å². The lowest BCUT2D eigenvalue weighted by molar-refractivity contribution is -0.171. The highest BCUT2D eigenvalue weighted by molar-refractivity contribution is 6.22. The SMILES string of the molecule is COc1ccc(C2=COC3C(CCC4OCN(C5CC5)CC43)C2=O)cc1. The second kappa shape index (κ2) is 6.39. The van der Waals surface area contributed by atoms with Crippen LogP contribution >= 0.6 is 0 Å². The molecule has 2 aliphatic heterocycles. The fraction of sp³-hybridized carbons (Fsp3) is 0.571. The fourth-order valence-corrected chi connectivity index (χ4v) is 4.73. The first kappa shape index (κ1) is 16.3. The Balaban J connectivity index is 1.38. The molecule has 1 aromatic carbocycles. The molecule has 0 bridgehead atoms. The maximum absolute atomic E-state index is 13.2. The van der Waals surface area contributed by atoms with Gasteiger partial charge in [0.1, 0.15) is 11.9 Å². The maximum atomic E-state index is 13.2. The Kier molecular flexibility index (Phi) is 4.02. The number of hydrogen-bond donors (Lipinski definition) is 0. The van der Waals surface area contributed by atoms with E-state index in [0.29, 0.717) is 17.5 Å².